The van der Waals surface area contributed by atoms with E-state index in [4.69, 9.17) is 9.47 Å². The van der Waals surface area contributed by atoms with E-state index in [2.05, 4.69) is 22.3 Å². The van der Waals surface area contributed by atoms with Gasteiger partial charge in [0.15, 0.2) is 0 Å². The topological polar surface area (TPSA) is 93.0 Å². The number of carbonyl (C=O) groups excluding carboxylic acids is 2. The SMILES string of the molecule is COCc1cc(-c2cc3cc(CN4CCCCC4)ccc3n2C(=O)OC(C)(C)C)c2c(c1O)CNC2=O. The van der Waals surface area contributed by atoms with Gasteiger partial charge in [0.1, 0.15) is 11.4 Å². The summed E-state index contributed by atoms with van der Waals surface area (Å²) in [6.45, 7) is 8.93. The zero-order valence-electron chi connectivity index (χ0n) is 22.0. The van der Waals surface area contributed by atoms with Gasteiger partial charge < -0.3 is 19.9 Å². The van der Waals surface area contributed by atoms with Gasteiger partial charge in [0.2, 0.25) is 0 Å². The van der Waals surface area contributed by atoms with Gasteiger partial charge in [-0.05, 0) is 76.5 Å². The Labute approximate surface area is 217 Å². The first-order valence-corrected chi connectivity index (χ1v) is 12.9. The van der Waals surface area contributed by atoms with Crippen molar-refractivity contribution < 1.29 is 24.2 Å². The van der Waals surface area contributed by atoms with Crippen molar-refractivity contribution in [1.82, 2.24) is 14.8 Å². The van der Waals surface area contributed by atoms with Crippen LogP contribution in [0.25, 0.3) is 22.2 Å². The molecule has 3 aromatic rings. The van der Waals surface area contributed by atoms with Crippen molar-refractivity contribution in [2.75, 3.05) is 20.2 Å². The Kier molecular flexibility index (Phi) is 6.72. The summed E-state index contributed by atoms with van der Waals surface area (Å²) in [6, 6.07) is 9.82. The first-order valence-electron chi connectivity index (χ1n) is 12.9. The fraction of sp³-hybridized carbons (Fsp3) is 0.448. The molecule has 8 heteroatoms. The van der Waals surface area contributed by atoms with E-state index >= 15 is 0 Å². The number of phenolic OH excluding ortho intramolecular Hbond substituents is 1. The molecule has 1 amide bonds. The van der Waals surface area contributed by atoms with Crippen LogP contribution in [0.15, 0.2) is 30.3 Å². The first-order chi connectivity index (χ1) is 17.7. The number of piperidine rings is 1. The quantitative estimate of drug-likeness (QED) is 0.497. The number of aromatic hydroxyl groups is 1. The standard InChI is InChI=1S/C29H35N3O5/c1-29(2,3)37-28(35)32-23-9-8-18(16-31-10-6-5-7-11-31)12-19(23)14-24(32)21-13-20(17-36-4)26(33)22-15-30-27(34)25(21)22/h8-9,12-14,33H,5-7,10-11,15-17H2,1-4H3,(H,30,34). The van der Waals surface area contributed by atoms with E-state index < -0.39 is 11.7 Å². The lowest BCUT2D eigenvalue weighted by Gasteiger charge is -2.26. The third-order valence-corrected chi connectivity index (χ3v) is 7.01. The number of fused-ring (bicyclic) bond motifs is 2. The van der Waals surface area contributed by atoms with Gasteiger partial charge in [-0.25, -0.2) is 9.36 Å². The maximum atomic E-state index is 13.5. The highest BCUT2D eigenvalue weighted by atomic mass is 16.6. The number of methoxy groups -OCH3 is 1. The Morgan fingerprint density at radius 1 is 1.11 bits per heavy atom. The molecule has 1 saturated heterocycles. The molecule has 1 aromatic heterocycles. The molecular formula is C29H35N3O5. The van der Waals surface area contributed by atoms with Gasteiger partial charge in [-0.15, -0.1) is 0 Å². The average Bonchev–Trinajstić information content (AvgIpc) is 3.41. The van der Waals surface area contributed by atoms with E-state index in [0.29, 0.717) is 33.5 Å². The summed E-state index contributed by atoms with van der Waals surface area (Å²) in [5.74, 6) is -0.237. The van der Waals surface area contributed by atoms with E-state index in [9.17, 15) is 14.7 Å². The number of phenols is 1. The van der Waals surface area contributed by atoms with E-state index in [1.807, 2.05) is 32.9 Å². The lowest BCUT2D eigenvalue weighted by molar-refractivity contribution is 0.0547. The first kappa shape index (κ1) is 25.3. The van der Waals surface area contributed by atoms with Crippen molar-refractivity contribution in [2.45, 2.75) is 65.3 Å². The molecule has 0 radical (unpaired) electrons. The van der Waals surface area contributed by atoms with Gasteiger partial charge in [0.05, 0.1) is 23.4 Å². The Bertz CT molecular complexity index is 1360. The van der Waals surface area contributed by atoms with Crippen molar-refractivity contribution in [3.63, 3.8) is 0 Å². The Hall–Kier alpha value is -3.36. The zero-order chi connectivity index (χ0) is 26.3. The molecule has 2 aliphatic heterocycles. The van der Waals surface area contributed by atoms with Crippen LogP contribution in [0.5, 0.6) is 5.75 Å². The molecule has 37 heavy (non-hydrogen) atoms. The summed E-state index contributed by atoms with van der Waals surface area (Å²) in [6.07, 6.45) is 3.21. The second kappa shape index (κ2) is 9.84. The molecule has 3 heterocycles. The minimum absolute atomic E-state index is 0.0442. The van der Waals surface area contributed by atoms with E-state index in [-0.39, 0.29) is 24.8 Å². The summed E-state index contributed by atoms with van der Waals surface area (Å²) in [4.78, 5) is 28.9. The predicted molar refractivity (Wildman–Crippen MR) is 142 cm³/mol. The van der Waals surface area contributed by atoms with Crippen LogP contribution in [-0.2, 0) is 29.2 Å². The van der Waals surface area contributed by atoms with Crippen LogP contribution in [0.4, 0.5) is 4.79 Å². The number of ether oxygens (including phenoxy) is 2. The lowest BCUT2D eigenvalue weighted by atomic mass is 9.95. The van der Waals surface area contributed by atoms with Crippen molar-refractivity contribution >= 4 is 22.9 Å². The molecule has 0 aliphatic carbocycles. The molecule has 2 aliphatic rings. The number of nitrogens with zero attached hydrogens (tertiary/aromatic N) is 2. The monoisotopic (exact) mass is 505 g/mol. The number of rotatable bonds is 5. The van der Waals surface area contributed by atoms with Crippen LogP contribution in [0, 0.1) is 0 Å². The van der Waals surface area contributed by atoms with Crippen LogP contribution in [0.3, 0.4) is 0 Å². The molecule has 2 N–H and O–H groups in total. The van der Waals surface area contributed by atoms with Gasteiger partial charge in [0.25, 0.3) is 5.91 Å². The smallest absolute Gasteiger partial charge is 0.419 e. The number of amides is 1. The van der Waals surface area contributed by atoms with Gasteiger partial charge in [-0.3, -0.25) is 9.69 Å². The molecule has 1 fully saturated rings. The average molecular weight is 506 g/mol. The second-order valence-corrected chi connectivity index (χ2v) is 11.0. The van der Waals surface area contributed by atoms with Crippen LogP contribution in [0.1, 0.15) is 67.1 Å². The molecule has 0 unspecified atom stereocenters. The van der Waals surface area contributed by atoms with Crippen LogP contribution in [0.2, 0.25) is 0 Å². The minimum atomic E-state index is -0.700. The largest absolute Gasteiger partial charge is 0.507 e. The van der Waals surface area contributed by atoms with Crippen LogP contribution < -0.4 is 5.32 Å². The fourth-order valence-corrected chi connectivity index (χ4v) is 5.39. The molecule has 8 nitrogen and oxygen atoms in total. The normalized spacial score (nSPS) is 16.2. The van der Waals surface area contributed by atoms with Crippen molar-refractivity contribution in [1.29, 1.82) is 0 Å². The summed E-state index contributed by atoms with van der Waals surface area (Å²) >= 11 is 0. The molecule has 5 rings (SSSR count). The Morgan fingerprint density at radius 3 is 2.57 bits per heavy atom. The number of benzene rings is 2. The Morgan fingerprint density at radius 2 is 1.86 bits per heavy atom. The van der Waals surface area contributed by atoms with Gasteiger partial charge >= 0.3 is 6.09 Å². The van der Waals surface area contributed by atoms with Crippen molar-refractivity contribution in [3.05, 3.63) is 52.6 Å². The molecule has 0 spiro atoms. The van der Waals surface area contributed by atoms with Gasteiger partial charge in [-0.1, -0.05) is 12.5 Å². The third kappa shape index (κ3) is 4.95. The van der Waals surface area contributed by atoms with Crippen molar-refractivity contribution in [3.8, 4) is 17.0 Å². The van der Waals surface area contributed by atoms with Gasteiger partial charge in [-0.2, -0.15) is 0 Å². The highest BCUT2D eigenvalue weighted by molar-refractivity contribution is 6.07. The third-order valence-electron chi connectivity index (χ3n) is 7.01. The summed E-state index contributed by atoms with van der Waals surface area (Å²) in [7, 11) is 1.55. The zero-order valence-corrected chi connectivity index (χ0v) is 22.0. The van der Waals surface area contributed by atoms with E-state index in [0.717, 1.165) is 25.0 Å². The number of nitrogens with one attached hydrogen (secondary N) is 1. The van der Waals surface area contributed by atoms with E-state index in [1.165, 1.54) is 24.8 Å². The van der Waals surface area contributed by atoms with E-state index in [1.54, 1.807) is 17.7 Å². The maximum absolute atomic E-state index is 13.5. The lowest BCUT2D eigenvalue weighted by Crippen LogP contribution is -2.29. The molecule has 0 saturated carbocycles. The molecule has 0 bridgehead atoms. The number of hydrogen-bond donors (Lipinski definition) is 2. The molecule has 0 atom stereocenters. The highest BCUT2D eigenvalue weighted by Gasteiger charge is 2.32. The van der Waals surface area contributed by atoms with Crippen LogP contribution in [-0.4, -0.2) is 52.4 Å². The van der Waals surface area contributed by atoms with Crippen LogP contribution >= 0.6 is 0 Å². The molecule has 196 valence electrons. The fourth-order valence-electron chi connectivity index (χ4n) is 5.39. The number of hydrogen-bond acceptors (Lipinski definition) is 6. The number of aromatic nitrogens is 1. The molecular weight excluding hydrogens is 470 g/mol. The molecule has 2 aromatic carbocycles. The summed E-state index contributed by atoms with van der Waals surface area (Å²) in [5, 5.41) is 14.5. The van der Waals surface area contributed by atoms with Crippen molar-refractivity contribution in [2.24, 2.45) is 0 Å². The predicted octanol–water partition coefficient (Wildman–Crippen LogP) is 5.17. The maximum Gasteiger partial charge on any atom is 0.419 e. The number of likely N-dealkylation sites (tertiary alicyclic amines) is 1. The summed E-state index contributed by atoms with van der Waals surface area (Å²) in [5.41, 5.74) is 3.74. The summed E-state index contributed by atoms with van der Waals surface area (Å²) < 4.78 is 12.6. The minimum Gasteiger partial charge on any atom is -0.507 e. The van der Waals surface area contributed by atoms with Gasteiger partial charge in [0, 0.05) is 42.3 Å². The second-order valence-electron chi connectivity index (χ2n) is 11.0. The highest BCUT2D eigenvalue weighted by Crippen LogP contribution is 2.40. The Balaban J connectivity index is 1.68. The number of carbonyl (C=O) groups is 2.